The van der Waals surface area contributed by atoms with Gasteiger partial charge in [-0.3, -0.25) is 19.2 Å². The van der Waals surface area contributed by atoms with Crippen LogP contribution in [0, 0.1) is 11.6 Å². The normalized spacial score (nSPS) is 15.2. The molecule has 0 unspecified atom stereocenters. The Bertz CT molecular complexity index is 2110. The Morgan fingerprint density at radius 3 is 2.34 bits per heavy atom. The van der Waals surface area contributed by atoms with Gasteiger partial charge in [0.25, 0.3) is 11.5 Å². The Kier molecular flexibility index (Phi) is 10.5. The van der Waals surface area contributed by atoms with Crippen LogP contribution in [-0.4, -0.2) is 101 Å². The lowest BCUT2D eigenvalue weighted by molar-refractivity contribution is -0.137. The topological polar surface area (TPSA) is 172 Å². The van der Waals surface area contributed by atoms with Crippen LogP contribution in [0.1, 0.15) is 28.5 Å². The molecule has 4 heterocycles. The first-order valence-electron chi connectivity index (χ1n) is 16.6. The highest BCUT2D eigenvalue weighted by atomic mass is 19.4. The zero-order valence-corrected chi connectivity index (χ0v) is 28.4. The van der Waals surface area contributed by atoms with Gasteiger partial charge in [0.15, 0.2) is 0 Å². The van der Waals surface area contributed by atoms with Gasteiger partial charge >= 0.3 is 6.18 Å². The third kappa shape index (κ3) is 7.71. The molecular formula is C33H35F5N10O5. The third-order valence-electron chi connectivity index (χ3n) is 8.96. The molecular weight excluding hydrogens is 711 g/mol. The van der Waals surface area contributed by atoms with E-state index in [9.17, 15) is 41.1 Å². The number of nitrogen functional groups attached to an aromatic ring is 1. The summed E-state index contributed by atoms with van der Waals surface area (Å²) in [6, 6.07) is 5.53. The van der Waals surface area contributed by atoms with Gasteiger partial charge < -0.3 is 40.4 Å². The zero-order chi connectivity index (χ0) is 38.0. The maximum atomic E-state index is 14.7. The fourth-order valence-electron chi connectivity index (χ4n) is 6.22. The number of nitrogens with zero attached hydrogens (tertiary/aromatic N) is 7. The lowest BCUT2D eigenvalue weighted by Gasteiger charge is -2.36. The van der Waals surface area contributed by atoms with E-state index in [1.165, 1.54) is 21.6 Å². The molecule has 3 amide bonds. The molecule has 0 saturated carbocycles. The monoisotopic (exact) mass is 746 g/mol. The fourth-order valence-corrected chi connectivity index (χ4v) is 6.22. The summed E-state index contributed by atoms with van der Waals surface area (Å²) < 4.78 is 75.7. The van der Waals surface area contributed by atoms with Gasteiger partial charge in [-0.15, -0.1) is 5.10 Å². The van der Waals surface area contributed by atoms with Crippen molar-refractivity contribution in [3.8, 4) is 0 Å². The molecule has 2 aromatic carbocycles. The molecule has 0 atom stereocenters. The van der Waals surface area contributed by atoms with Crippen molar-refractivity contribution in [2.45, 2.75) is 26.1 Å². The number of hydrogen-bond acceptors (Lipinski definition) is 10. The highest BCUT2D eigenvalue weighted by Crippen LogP contribution is 2.31. The molecule has 2 aliphatic rings. The van der Waals surface area contributed by atoms with Gasteiger partial charge in [0.05, 0.1) is 48.0 Å². The van der Waals surface area contributed by atoms with Crippen LogP contribution in [0.3, 0.4) is 0 Å². The quantitative estimate of drug-likeness (QED) is 0.170. The van der Waals surface area contributed by atoms with Crippen molar-refractivity contribution < 1.29 is 41.1 Å². The van der Waals surface area contributed by atoms with Crippen molar-refractivity contribution in [1.82, 2.24) is 29.4 Å². The zero-order valence-electron chi connectivity index (χ0n) is 28.4. The van der Waals surface area contributed by atoms with Crippen molar-refractivity contribution in [3.05, 3.63) is 75.2 Å². The Morgan fingerprint density at radius 2 is 1.68 bits per heavy atom. The molecule has 2 aromatic heterocycles. The number of piperazine rings is 1. The Hall–Kier alpha value is -5.79. The second kappa shape index (κ2) is 15.1. The lowest BCUT2D eigenvalue weighted by atomic mass is 10.1. The molecule has 20 heteroatoms. The summed E-state index contributed by atoms with van der Waals surface area (Å²) >= 11 is 0. The molecule has 2 fully saturated rings. The fraction of sp³-hybridized carbons (Fsp3) is 0.394. The van der Waals surface area contributed by atoms with Crippen LogP contribution in [0.4, 0.5) is 45.0 Å². The maximum Gasteiger partial charge on any atom is 0.416 e. The van der Waals surface area contributed by atoms with E-state index in [1.54, 1.807) is 11.8 Å². The number of fused-ring (bicyclic) bond motifs is 1. The summed E-state index contributed by atoms with van der Waals surface area (Å²) in [6.07, 6.45) is -4.56. The van der Waals surface area contributed by atoms with Crippen LogP contribution in [0.25, 0.3) is 5.78 Å². The molecule has 0 radical (unpaired) electrons. The minimum absolute atomic E-state index is 0.0172. The van der Waals surface area contributed by atoms with E-state index in [1.807, 2.05) is 4.90 Å². The van der Waals surface area contributed by atoms with E-state index >= 15 is 0 Å². The number of para-hydroxylation sites is 1. The van der Waals surface area contributed by atoms with Crippen molar-refractivity contribution in [2.24, 2.45) is 0 Å². The average Bonchev–Trinajstić information content (AvgIpc) is 3.60. The third-order valence-corrected chi connectivity index (χ3v) is 8.96. The summed E-state index contributed by atoms with van der Waals surface area (Å²) in [7, 11) is 0. The molecule has 282 valence electrons. The van der Waals surface area contributed by atoms with Gasteiger partial charge in [-0.25, -0.2) is 8.78 Å². The van der Waals surface area contributed by atoms with E-state index in [-0.39, 0.29) is 73.9 Å². The number of aromatic nitrogens is 4. The SMILES string of the molecule is CCc1c(N2CCN(C(=O)CNC(=O)c3cccc(F)c3N)CC2)c(=O)n2nc(N3CCOCC3)nc2n1CC(=O)Nc1ccc(C(F)(F)F)cc1F. The number of alkyl halides is 3. The predicted molar refractivity (Wildman–Crippen MR) is 182 cm³/mol. The average molecular weight is 747 g/mol. The number of carbonyl (C=O) groups excluding carboxylic acids is 3. The Morgan fingerprint density at radius 1 is 0.962 bits per heavy atom. The summed E-state index contributed by atoms with van der Waals surface area (Å²) in [5.41, 5.74) is 3.56. The molecule has 4 N–H and O–H groups in total. The number of hydrogen-bond donors (Lipinski definition) is 3. The number of benzene rings is 2. The second-order valence-electron chi connectivity index (χ2n) is 12.3. The number of halogens is 5. The summed E-state index contributed by atoms with van der Waals surface area (Å²) in [6.45, 7) is 3.22. The van der Waals surface area contributed by atoms with Crippen molar-refractivity contribution >= 4 is 46.5 Å². The van der Waals surface area contributed by atoms with Gasteiger partial charge in [0.1, 0.15) is 23.9 Å². The largest absolute Gasteiger partial charge is 0.416 e. The van der Waals surface area contributed by atoms with Crippen molar-refractivity contribution in [1.29, 1.82) is 0 Å². The summed E-state index contributed by atoms with van der Waals surface area (Å²) in [5.74, 6) is -3.76. The number of nitrogens with one attached hydrogen (secondary N) is 2. The number of ether oxygens (including phenoxy) is 1. The molecule has 2 saturated heterocycles. The number of rotatable bonds is 9. The minimum Gasteiger partial charge on any atom is -0.396 e. The first-order chi connectivity index (χ1) is 25.3. The van der Waals surface area contributed by atoms with Crippen molar-refractivity contribution in [2.75, 3.05) is 79.9 Å². The lowest BCUT2D eigenvalue weighted by Crippen LogP contribution is -2.52. The molecule has 6 rings (SSSR count). The van der Waals surface area contributed by atoms with Gasteiger partial charge in [0, 0.05) is 39.3 Å². The highest BCUT2D eigenvalue weighted by molar-refractivity contribution is 6.00. The van der Waals surface area contributed by atoms with Gasteiger partial charge in [-0.2, -0.15) is 22.7 Å². The van der Waals surface area contributed by atoms with Crippen LogP contribution in [0.5, 0.6) is 0 Å². The van der Waals surface area contributed by atoms with Gasteiger partial charge in [0.2, 0.25) is 23.5 Å². The molecule has 0 bridgehead atoms. The Labute approximate surface area is 298 Å². The molecule has 4 aromatic rings. The van der Waals surface area contributed by atoms with Crippen molar-refractivity contribution in [3.63, 3.8) is 0 Å². The number of anilines is 4. The first-order valence-corrected chi connectivity index (χ1v) is 16.6. The number of carbonyl (C=O) groups is 3. The van der Waals surface area contributed by atoms with E-state index in [0.717, 1.165) is 16.6 Å². The van der Waals surface area contributed by atoms with E-state index in [2.05, 4.69) is 20.7 Å². The van der Waals surface area contributed by atoms with E-state index in [4.69, 9.17) is 10.5 Å². The second-order valence-corrected chi connectivity index (χ2v) is 12.3. The first kappa shape index (κ1) is 37.0. The summed E-state index contributed by atoms with van der Waals surface area (Å²) in [4.78, 5) is 62.7. The van der Waals surface area contributed by atoms with Crippen LogP contribution in [-0.2, 0) is 33.5 Å². The van der Waals surface area contributed by atoms with E-state index in [0.29, 0.717) is 38.1 Å². The molecule has 15 nitrogen and oxygen atoms in total. The van der Waals surface area contributed by atoms with Gasteiger partial charge in [-0.1, -0.05) is 13.0 Å². The minimum atomic E-state index is -4.78. The van der Waals surface area contributed by atoms with Crippen LogP contribution >= 0.6 is 0 Å². The van der Waals surface area contributed by atoms with Crippen LogP contribution in [0.2, 0.25) is 0 Å². The van der Waals surface area contributed by atoms with E-state index < -0.39 is 58.9 Å². The molecule has 53 heavy (non-hydrogen) atoms. The molecule has 2 aliphatic heterocycles. The number of nitrogens with two attached hydrogens (primary N) is 1. The summed E-state index contributed by atoms with van der Waals surface area (Å²) in [5, 5.41) is 9.23. The standard InChI is InChI=1S/C33H35F5N10O5/c1-2-24-28(45-10-8-44(9-11-45)26(50)17-40-29(51)20-4-3-5-21(34)27(20)39)30(52)48-32(42-31(43-48)46-12-14-53-15-13-46)47(24)18-25(49)41-23-7-6-19(16-22(23)35)33(36,37)38/h3-7,16H,2,8-15,17-18,39H2,1H3,(H,40,51)(H,41,49). The smallest absolute Gasteiger partial charge is 0.396 e. The number of morpholine rings is 1. The maximum absolute atomic E-state index is 14.7. The Balaban J connectivity index is 1.25. The number of amides is 3. The highest BCUT2D eigenvalue weighted by Gasteiger charge is 2.32. The van der Waals surface area contributed by atoms with Crippen LogP contribution in [0.15, 0.2) is 41.2 Å². The molecule has 0 spiro atoms. The van der Waals surface area contributed by atoms with Gasteiger partial charge in [-0.05, 0) is 36.8 Å². The molecule has 0 aliphatic carbocycles. The predicted octanol–water partition coefficient (Wildman–Crippen LogP) is 1.89. The van der Waals surface area contributed by atoms with Crippen LogP contribution < -0.4 is 31.7 Å².